The van der Waals surface area contributed by atoms with Gasteiger partial charge in [0.25, 0.3) is 0 Å². The van der Waals surface area contributed by atoms with Crippen molar-refractivity contribution in [2.45, 2.75) is 25.3 Å². The molecule has 3 rings (SSSR count). The highest BCUT2D eigenvalue weighted by molar-refractivity contribution is 7.80. The van der Waals surface area contributed by atoms with Crippen molar-refractivity contribution in [2.75, 3.05) is 7.05 Å². The third-order valence-electron chi connectivity index (χ3n) is 3.66. The van der Waals surface area contributed by atoms with E-state index in [1.165, 1.54) is 22.2 Å². The molecule has 0 fully saturated rings. The molecule has 1 heterocycles. The molecule has 0 saturated carbocycles. The molecule has 0 aliphatic heterocycles. The minimum atomic E-state index is 0.436. The van der Waals surface area contributed by atoms with Crippen molar-refractivity contribution in [3.63, 3.8) is 0 Å². The molecule has 1 unspecified atom stereocenters. The Hall–Kier alpha value is -1.55. The average molecular weight is 259 g/mol. The Morgan fingerprint density at radius 2 is 2.22 bits per heavy atom. The van der Waals surface area contributed by atoms with Crippen LogP contribution in [-0.2, 0) is 12.8 Å². The predicted octanol–water partition coefficient (Wildman–Crippen LogP) is 2.12. The lowest BCUT2D eigenvalue weighted by atomic mass is 9.92. The molecule has 3 N–H and O–H groups in total. The normalized spacial score (nSPS) is 18.4. The number of aryl methyl sites for hydroxylation is 1. The number of hydrogen-bond acceptors (Lipinski definition) is 1. The fourth-order valence-corrected chi connectivity index (χ4v) is 2.93. The van der Waals surface area contributed by atoms with Crippen LogP contribution in [0.15, 0.2) is 24.3 Å². The van der Waals surface area contributed by atoms with Crippen LogP contribution >= 0.6 is 12.2 Å². The Labute approximate surface area is 112 Å². The van der Waals surface area contributed by atoms with Crippen molar-refractivity contribution < 1.29 is 0 Å². The standard InChI is InChI=1S/C14H17N3S/c1-15-14(18)16-9-6-7-11-10-4-2-3-5-12(10)17-13(11)8-9/h2-5,9,17H,6-8H2,1H3,(H2,15,16,18). The summed E-state index contributed by atoms with van der Waals surface area (Å²) < 4.78 is 0. The van der Waals surface area contributed by atoms with Crippen LogP contribution in [0.5, 0.6) is 0 Å². The van der Waals surface area contributed by atoms with Gasteiger partial charge in [0, 0.05) is 36.1 Å². The maximum atomic E-state index is 5.17. The van der Waals surface area contributed by atoms with Crippen LogP contribution in [0, 0.1) is 0 Å². The van der Waals surface area contributed by atoms with Crippen molar-refractivity contribution in [1.82, 2.24) is 15.6 Å². The van der Waals surface area contributed by atoms with E-state index >= 15 is 0 Å². The molecule has 2 aromatic rings. The molecule has 18 heavy (non-hydrogen) atoms. The van der Waals surface area contributed by atoms with Crippen molar-refractivity contribution in [3.8, 4) is 0 Å². The molecule has 94 valence electrons. The van der Waals surface area contributed by atoms with Crippen molar-refractivity contribution in [1.29, 1.82) is 0 Å². The molecule has 0 radical (unpaired) electrons. The Balaban J connectivity index is 1.87. The second-order valence-electron chi connectivity index (χ2n) is 4.79. The van der Waals surface area contributed by atoms with E-state index in [2.05, 4.69) is 39.9 Å². The SMILES string of the molecule is CNC(=S)NC1CCc2c([nH]c3ccccc23)C1. The number of benzene rings is 1. The molecule has 1 aliphatic carbocycles. The molecule has 4 heteroatoms. The van der Waals surface area contributed by atoms with E-state index in [4.69, 9.17) is 12.2 Å². The van der Waals surface area contributed by atoms with E-state index in [1.54, 1.807) is 0 Å². The molecule has 1 aliphatic rings. The van der Waals surface area contributed by atoms with E-state index in [9.17, 15) is 0 Å². The summed E-state index contributed by atoms with van der Waals surface area (Å²) in [7, 11) is 1.85. The van der Waals surface area contributed by atoms with Gasteiger partial charge in [-0.15, -0.1) is 0 Å². The first-order valence-corrected chi connectivity index (χ1v) is 6.75. The smallest absolute Gasteiger partial charge is 0.166 e. The van der Waals surface area contributed by atoms with Crippen LogP contribution in [-0.4, -0.2) is 23.2 Å². The molecular weight excluding hydrogens is 242 g/mol. The van der Waals surface area contributed by atoms with E-state index in [1.807, 2.05) is 7.05 Å². The highest BCUT2D eigenvalue weighted by atomic mass is 32.1. The van der Waals surface area contributed by atoms with Gasteiger partial charge in [0.2, 0.25) is 0 Å². The van der Waals surface area contributed by atoms with Gasteiger partial charge in [0.05, 0.1) is 0 Å². The lowest BCUT2D eigenvalue weighted by Gasteiger charge is -2.24. The summed E-state index contributed by atoms with van der Waals surface area (Å²) in [5, 5.41) is 8.44. The zero-order chi connectivity index (χ0) is 12.5. The molecule has 0 saturated heterocycles. The number of aromatic amines is 1. The summed E-state index contributed by atoms with van der Waals surface area (Å²) in [6, 6.07) is 8.98. The first-order chi connectivity index (χ1) is 8.78. The summed E-state index contributed by atoms with van der Waals surface area (Å²) in [4.78, 5) is 3.53. The average Bonchev–Trinajstić information content (AvgIpc) is 2.76. The number of aromatic nitrogens is 1. The van der Waals surface area contributed by atoms with Gasteiger partial charge in [0.1, 0.15) is 0 Å². The number of fused-ring (bicyclic) bond motifs is 3. The van der Waals surface area contributed by atoms with Crippen LogP contribution in [0.2, 0.25) is 0 Å². The Kier molecular flexibility index (Phi) is 2.96. The summed E-state index contributed by atoms with van der Waals surface area (Å²) in [6.07, 6.45) is 3.27. The first-order valence-electron chi connectivity index (χ1n) is 6.34. The van der Waals surface area contributed by atoms with Crippen molar-refractivity contribution in [2.24, 2.45) is 0 Å². The van der Waals surface area contributed by atoms with Crippen LogP contribution < -0.4 is 10.6 Å². The van der Waals surface area contributed by atoms with Gasteiger partial charge in [-0.3, -0.25) is 0 Å². The van der Waals surface area contributed by atoms with Gasteiger partial charge >= 0.3 is 0 Å². The Morgan fingerprint density at radius 3 is 3.06 bits per heavy atom. The number of rotatable bonds is 1. The zero-order valence-electron chi connectivity index (χ0n) is 10.4. The highest BCUT2D eigenvalue weighted by Crippen LogP contribution is 2.28. The van der Waals surface area contributed by atoms with E-state index in [0.29, 0.717) is 6.04 Å². The lowest BCUT2D eigenvalue weighted by Crippen LogP contribution is -2.43. The van der Waals surface area contributed by atoms with Crippen LogP contribution in [0.4, 0.5) is 0 Å². The minimum Gasteiger partial charge on any atom is -0.366 e. The Morgan fingerprint density at radius 1 is 1.39 bits per heavy atom. The molecule has 1 aromatic carbocycles. The predicted molar refractivity (Wildman–Crippen MR) is 78.9 cm³/mol. The number of H-pyrrole nitrogens is 1. The fourth-order valence-electron chi connectivity index (χ4n) is 2.76. The molecule has 0 amide bonds. The van der Waals surface area contributed by atoms with Gasteiger partial charge in [-0.25, -0.2) is 0 Å². The van der Waals surface area contributed by atoms with Gasteiger partial charge in [-0.1, -0.05) is 18.2 Å². The van der Waals surface area contributed by atoms with Gasteiger partial charge in [-0.2, -0.15) is 0 Å². The Bertz CT molecular complexity index is 588. The summed E-state index contributed by atoms with van der Waals surface area (Å²) in [5.74, 6) is 0. The lowest BCUT2D eigenvalue weighted by molar-refractivity contribution is 0.523. The first kappa shape index (κ1) is 11.5. The maximum absolute atomic E-state index is 5.17. The number of para-hydroxylation sites is 1. The summed E-state index contributed by atoms with van der Waals surface area (Å²) in [6.45, 7) is 0. The van der Waals surface area contributed by atoms with Gasteiger partial charge in [-0.05, 0) is 36.7 Å². The van der Waals surface area contributed by atoms with Crippen LogP contribution in [0.25, 0.3) is 10.9 Å². The summed E-state index contributed by atoms with van der Waals surface area (Å²) in [5.41, 5.74) is 4.09. The van der Waals surface area contributed by atoms with Crippen molar-refractivity contribution >= 4 is 28.2 Å². The number of thiocarbonyl (C=S) groups is 1. The van der Waals surface area contributed by atoms with Crippen LogP contribution in [0.1, 0.15) is 17.7 Å². The largest absolute Gasteiger partial charge is 0.366 e. The maximum Gasteiger partial charge on any atom is 0.166 e. The molecule has 3 nitrogen and oxygen atoms in total. The number of nitrogens with one attached hydrogen (secondary N) is 3. The van der Waals surface area contributed by atoms with E-state index in [-0.39, 0.29) is 0 Å². The van der Waals surface area contributed by atoms with E-state index < -0.39 is 0 Å². The highest BCUT2D eigenvalue weighted by Gasteiger charge is 2.22. The topological polar surface area (TPSA) is 39.8 Å². The zero-order valence-corrected chi connectivity index (χ0v) is 11.2. The van der Waals surface area contributed by atoms with Crippen LogP contribution in [0.3, 0.4) is 0 Å². The second kappa shape index (κ2) is 4.61. The van der Waals surface area contributed by atoms with Crippen molar-refractivity contribution in [3.05, 3.63) is 35.5 Å². The van der Waals surface area contributed by atoms with Gasteiger partial charge in [0.15, 0.2) is 5.11 Å². The molecule has 0 spiro atoms. The quantitative estimate of drug-likeness (QED) is 0.687. The second-order valence-corrected chi connectivity index (χ2v) is 5.20. The molecule has 1 atom stereocenters. The monoisotopic (exact) mass is 259 g/mol. The minimum absolute atomic E-state index is 0.436. The molecule has 1 aromatic heterocycles. The third kappa shape index (κ3) is 1.97. The fraction of sp³-hybridized carbons (Fsp3) is 0.357. The number of hydrogen-bond donors (Lipinski definition) is 3. The molecular formula is C14H17N3S. The molecule has 0 bridgehead atoms. The van der Waals surface area contributed by atoms with Gasteiger partial charge < -0.3 is 15.6 Å². The summed E-state index contributed by atoms with van der Waals surface area (Å²) >= 11 is 5.17. The van der Waals surface area contributed by atoms with E-state index in [0.717, 1.165) is 24.4 Å². The third-order valence-corrected chi connectivity index (χ3v) is 3.98.